The lowest BCUT2D eigenvalue weighted by atomic mass is 9.99. The van der Waals surface area contributed by atoms with Crippen molar-refractivity contribution in [2.75, 3.05) is 26.3 Å². The first-order chi connectivity index (χ1) is 11.7. The Kier molecular flexibility index (Phi) is 4.30. The number of hydrogen-bond donors (Lipinski definition) is 2. The Morgan fingerprint density at radius 3 is 2.46 bits per heavy atom. The van der Waals surface area contributed by atoms with Gasteiger partial charge in [-0.2, -0.15) is 0 Å². The Bertz CT molecular complexity index is 588. The van der Waals surface area contributed by atoms with Gasteiger partial charge in [-0.1, -0.05) is 29.8 Å². The van der Waals surface area contributed by atoms with Crippen LogP contribution in [-0.4, -0.2) is 48.9 Å². The van der Waals surface area contributed by atoms with Gasteiger partial charge in [0.15, 0.2) is 5.79 Å². The van der Waals surface area contributed by atoms with Crippen molar-refractivity contribution in [2.45, 2.75) is 44.1 Å². The van der Waals surface area contributed by atoms with Gasteiger partial charge in [0.05, 0.1) is 13.2 Å². The van der Waals surface area contributed by atoms with Gasteiger partial charge in [-0.05, 0) is 18.9 Å². The van der Waals surface area contributed by atoms with E-state index in [-0.39, 0.29) is 18.0 Å². The number of nitrogens with one attached hydrogen (secondary N) is 2. The van der Waals surface area contributed by atoms with Gasteiger partial charge >= 0.3 is 0 Å². The molecule has 0 radical (unpaired) electrons. The summed E-state index contributed by atoms with van der Waals surface area (Å²) in [6, 6.07) is 8.48. The first-order valence-corrected chi connectivity index (χ1v) is 8.80. The van der Waals surface area contributed by atoms with Crippen molar-refractivity contribution < 1.29 is 14.3 Å². The fraction of sp³-hybridized carbons (Fsp3) is 0.611. The highest BCUT2D eigenvalue weighted by Crippen LogP contribution is 2.32. The van der Waals surface area contributed by atoms with Crippen LogP contribution < -0.4 is 10.9 Å². The SMILES string of the molecule is Cc1ccc(C2CC(C(=O)N3CCC4(CC3)OCCO4)NN2)cc1. The zero-order valence-electron chi connectivity index (χ0n) is 14.1. The molecule has 0 bridgehead atoms. The number of carbonyl (C=O) groups is 1. The predicted molar refractivity (Wildman–Crippen MR) is 89.0 cm³/mol. The second-order valence-electron chi connectivity index (χ2n) is 6.97. The van der Waals surface area contributed by atoms with E-state index in [1.807, 2.05) is 4.90 Å². The minimum atomic E-state index is -0.428. The molecule has 24 heavy (non-hydrogen) atoms. The molecule has 0 aromatic heterocycles. The van der Waals surface area contributed by atoms with Crippen LogP contribution in [0.4, 0.5) is 0 Å². The van der Waals surface area contributed by atoms with Gasteiger partial charge in [-0.25, -0.2) is 10.9 Å². The van der Waals surface area contributed by atoms with E-state index >= 15 is 0 Å². The number of carbonyl (C=O) groups excluding carboxylic acids is 1. The molecule has 3 aliphatic rings. The monoisotopic (exact) mass is 331 g/mol. The second-order valence-corrected chi connectivity index (χ2v) is 6.97. The van der Waals surface area contributed by atoms with Crippen LogP contribution in [0, 0.1) is 6.92 Å². The van der Waals surface area contributed by atoms with E-state index in [0.29, 0.717) is 26.3 Å². The fourth-order valence-electron chi connectivity index (χ4n) is 3.81. The number of hydrazine groups is 1. The van der Waals surface area contributed by atoms with Crippen molar-refractivity contribution >= 4 is 5.91 Å². The lowest BCUT2D eigenvalue weighted by Crippen LogP contribution is -2.52. The summed E-state index contributed by atoms with van der Waals surface area (Å²) in [7, 11) is 0. The molecule has 3 fully saturated rings. The van der Waals surface area contributed by atoms with Crippen molar-refractivity contribution in [1.29, 1.82) is 0 Å². The van der Waals surface area contributed by atoms with E-state index in [1.54, 1.807) is 0 Å². The minimum Gasteiger partial charge on any atom is -0.347 e. The highest BCUT2D eigenvalue weighted by molar-refractivity contribution is 5.82. The number of amides is 1. The standard InChI is InChI=1S/C18H25N3O3/c1-13-2-4-14(5-3-13)15-12-16(20-19-15)17(22)21-8-6-18(7-9-21)23-10-11-24-18/h2-5,15-16,19-20H,6-12H2,1H3. The quantitative estimate of drug-likeness (QED) is 0.854. The van der Waals surface area contributed by atoms with Crippen molar-refractivity contribution in [3.8, 4) is 0 Å². The van der Waals surface area contributed by atoms with Crippen molar-refractivity contribution in [3.05, 3.63) is 35.4 Å². The van der Waals surface area contributed by atoms with E-state index in [1.165, 1.54) is 11.1 Å². The molecule has 4 rings (SSSR count). The number of hydrogen-bond acceptors (Lipinski definition) is 5. The number of nitrogens with zero attached hydrogens (tertiary/aromatic N) is 1. The summed E-state index contributed by atoms with van der Waals surface area (Å²) in [6.07, 6.45) is 2.30. The van der Waals surface area contributed by atoms with Crippen LogP contribution in [-0.2, 0) is 14.3 Å². The number of benzene rings is 1. The Morgan fingerprint density at radius 1 is 1.12 bits per heavy atom. The van der Waals surface area contributed by atoms with E-state index < -0.39 is 5.79 Å². The van der Waals surface area contributed by atoms with E-state index in [0.717, 1.165) is 19.3 Å². The van der Waals surface area contributed by atoms with Crippen LogP contribution in [0.3, 0.4) is 0 Å². The van der Waals surface area contributed by atoms with Gasteiger partial charge in [0, 0.05) is 32.0 Å². The zero-order valence-corrected chi connectivity index (χ0v) is 14.1. The van der Waals surface area contributed by atoms with Gasteiger partial charge < -0.3 is 14.4 Å². The van der Waals surface area contributed by atoms with Gasteiger partial charge in [0.25, 0.3) is 0 Å². The summed E-state index contributed by atoms with van der Waals surface area (Å²) in [6.45, 7) is 4.82. The normalized spacial score (nSPS) is 29.3. The molecular formula is C18H25N3O3. The molecule has 6 nitrogen and oxygen atoms in total. The summed E-state index contributed by atoms with van der Waals surface area (Å²) in [5, 5.41) is 0. The minimum absolute atomic E-state index is 0.171. The molecule has 6 heteroatoms. The molecule has 0 saturated carbocycles. The number of ether oxygens (including phenoxy) is 2. The molecule has 130 valence electrons. The smallest absolute Gasteiger partial charge is 0.241 e. The van der Waals surface area contributed by atoms with Crippen LogP contribution in [0.15, 0.2) is 24.3 Å². The molecule has 3 heterocycles. The van der Waals surface area contributed by atoms with Gasteiger partial charge in [0.1, 0.15) is 6.04 Å². The average Bonchev–Trinajstić information content (AvgIpc) is 3.26. The van der Waals surface area contributed by atoms with Gasteiger partial charge in [-0.3, -0.25) is 4.79 Å². The van der Waals surface area contributed by atoms with Crippen LogP contribution >= 0.6 is 0 Å². The fourth-order valence-corrected chi connectivity index (χ4v) is 3.81. The molecule has 2 atom stereocenters. The predicted octanol–water partition coefficient (Wildman–Crippen LogP) is 1.27. The van der Waals surface area contributed by atoms with Crippen molar-refractivity contribution in [1.82, 2.24) is 15.8 Å². The molecule has 1 aromatic carbocycles. The average molecular weight is 331 g/mol. The van der Waals surface area contributed by atoms with E-state index in [9.17, 15) is 4.79 Å². The van der Waals surface area contributed by atoms with E-state index in [2.05, 4.69) is 42.0 Å². The van der Waals surface area contributed by atoms with Crippen LogP contribution in [0.5, 0.6) is 0 Å². The molecule has 1 amide bonds. The third kappa shape index (κ3) is 3.07. The van der Waals surface area contributed by atoms with Crippen LogP contribution in [0.2, 0.25) is 0 Å². The van der Waals surface area contributed by atoms with Crippen LogP contribution in [0.25, 0.3) is 0 Å². The maximum Gasteiger partial charge on any atom is 0.241 e. The Morgan fingerprint density at radius 2 is 1.79 bits per heavy atom. The summed E-state index contributed by atoms with van der Waals surface area (Å²) in [5.41, 5.74) is 8.90. The maximum absolute atomic E-state index is 12.8. The molecule has 3 saturated heterocycles. The number of rotatable bonds is 2. The Labute approximate surface area is 142 Å². The molecule has 0 aliphatic carbocycles. The second kappa shape index (κ2) is 6.44. The first-order valence-electron chi connectivity index (χ1n) is 8.80. The third-order valence-electron chi connectivity index (χ3n) is 5.33. The molecule has 1 aromatic rings. The van der Waals surface area contributed by atoms with Crippen molar-refractivity contribution in [3.63, 3.8) is 0 Å². The maximum atomic E-state index is 12.8. The highest BCUT2D eigenvalue weighted by atomic mass is 16.7. The molecule has 1 spiro atoms. The lowest BCUT2D eigenvalue weighted by molar-refractivity contribution is -0.187. The van der Waals surface area contributed by atoms with Crippen LogP contribution in [0.1, 0.15) is 36.4 Å². The Balaban J connectivity index is 1.33. The summed E-state index contributed by atoms with van der Waals surface area (Å²) < 4.78 is 11.5. The number of likely N-dealkylation sites (tertiary alicyclic amines) is 1. The topological polar surface area (TPSA) is 62.8 Å². The van der Waals surface area contributed by atoms with Crippen molar-refractivity contribution in [2.24, 2.45) is 0 Å². The first kappa shape index (κ1) is 16.0. The summed E-state index contributed by atoms with van der Waals surface area (Å²) in [4.78, 5) is 14.7. The van der Waals surface area contributed by atoms with E-state index in [4.69, 9.17) is 9.47 Å². The molecule has 3 aliphatic heterocycles. The summed E-state index contributed by atoms with van der Waals surface area (Å²) in [5.74, 6) is -0.257. The summed E-state index contributed by atoms with van der Waals surface area (Å²) >= 11 is 0. The molecular weight excluding hydrogens is 306 g/mol. The largest absolute Gasteiger partial charge is 0.347 e. The number of aryl methyl sites for hydroxylation is 1. The van der Waals surface area contributed by atoms with Gasteiger partial charge in [0.2, 0.25) is 5.91 Å². The lowest BCUT2D eigenvalue weighted by Gasteiger charge is -2.38. The van der Waals surface area contributed by atoms with Gasteiger partial charge in [-0.15, -0.1) is 0 Å². The molecule has 2 unspecified atom stereocenters. The third-order valence-corrected chi connectivity index (χ3v) is 5.33. The number of piperidine rings is 1. The molecule has 2 N–H and O–H groups in total. The Hall–Kier alpha value is -1.47. The zero-order chi connectivity index (χ0) is 16.6. The highest BCUT2D eigenvalue weighted by Gasteiger charge is 2.42.